The maximum atomic E-state index is 12.3. The first-order chi connectivity index (χ1) is 8.70. The summed E-state index contributed by atoms with van der Waals surface area (Å²) in [5.74, 6) is 0. The molecule has 0 aliphatic heterocycles. The number of rotatable bonds is 5. The van der Waals surface area contributed by atoms with E-state index in [4.69, 9.17) is 10.5 Å². The van der Waals surface area contributed by atoms with Crippen LogP contribution in [0.4, 0.5) is 5.69 Å². The molecule has 18 heavy (non-hydrogen) atoms. The molecular weight excluding hydrogens is 230 g/mol. The highest BCUT2D eigenvalue weighted by molar-refractivity contribution is 5.41. The van der Waals surface area contributed by atoms with Gasteiger partial charge in [0.25, 0.3) is 5.56 Å². The Morgan fingerprint density at radius 2 is 2.06 bits per heavy atom. The third kappa shape index (κ3) is 2.19. The third-order valence-corrected chi connectivity index (χ3v) is 3.71. The summed E-state index contributed by atoms with van der Waals surface area (Å²) < 4.78 is 9.09. The van der Waals surface area contributed by atoms with Crippen molar-refractivity contribution in [3.8, 4) is 0 Å². The number of nitrogens with two attached hydrogens (primary N) is 1. The topological polar surface area (TPSA) is 62.2 Å². The summed E-state index contributed by atoms with van der Waals surface area (Å²) in [6, 6.07) is 0.317. The van der Waals surface area contributed by atoms with Crippen LogP contribution in [0.5, 0.6) is 0 Å². The van der Waals surface area contributed by atoms with Crippen molar-refractivity contribution in [2.45, 2.75) is 58.2 Å². The van der Waals surface area contributed by atoms with Crippen molar-refractivity contribution in [1.29, 1.82) is 0 Å². The van der Waals surface area contributed by atoms with E-state index >= 15 is 0 Å². The first-order valence-electron chi connectivity index (χ1n) is 6.79. The van der Waals surface area contributed by atoms with Gasteiger partial charge in [-0.3, -0.25) is 9.48 Å². The minimum atomic E-state index is -0.0394. The molecule has 102 valence electrons. The molecule has 0 spiro atoms. The van der Waals surface area contributed by atoms with Crippen LogP contribution in [-0.2, 0) is 17.9 Å². The molecular formula is C13H23N3O2. The lowest BCUT2D eigenvalue weighted by atomic mass is 10.2. The summed E-state index contributed by atoms with van der Waals surface area (Å²) in [5.41, 5.74) is 7.10. The van der Waals surface area contributed by atoms with E-state index in [1.165, 1.54) is 12.8 Å². The van der Waals surface area contributed by atoms with Crippen LogP contribution in [0.2, 0.25) is 0 Å². The Kier molecular flexibility index (Phi) is 4.11. The zero-order chi connectivity index (χ0) is 13.1. The Morgan fingerprint density at radius 1 is 1.39 bits per heavy atom. The molecule has 0 unspecified atom stereocenters. The minimum Gasteiger partial charge on any atom is -0.393 e. The minimum absolute atomic E-state index is 0.0394. The molecule has 1 saturated carbocycles. The molecule has 1 aromatic rings. The van der Waals surface area contributed by atoms with Crippen molar-refractivity contribution < 1.29 is 4.74 Å². The van der Waals surface area contributed by atoms with Gasteiger partial charge in [-0.25, -0.2) is 4.68 Å². The first kappa shape index (κ1) is 13.2. The fourth-order valence-electron chi connectivity index (χ4n) is 2.88. The van der Waals surface area contributed by atoms with Crippen molar-refractivity contribution in [1.82, 2.24) is 9.36 Å². The van der Waals surface area contributed by atoms with Crippen LogP contribution >= 0.6 is 0 Å². The highest BCUT2D eigenvalue weighted by atomic mass is 16.5. The van der Waals surface area contributed by atoms with Gasteiger partial charge in [0.2, 0.25) is 0 Å². The molecule has 0 aromatic carbocycles. The lowest BCUT2D eigenvalue weighted by Gasteiger charge is -2.18. The van der Waals surface area contributed by atoms with Crippen molar-refractivity contribution in [2.75, 3.05) is 12.8 Å². The molecule has 0 bridgehead atoms. The second kappa shape index (κ2) is 5.61. The largest absolute Gasteiger partial charge is 0.393 e. The lowest BCUT2D eigenvalue weighted by Crippen LogP contribution is -2.27. The van der Waals surface area contributed by atoms with Gasteiger partial charge < -0.3 is 10.5 Å². The van der Waals surface area contributed by atoms with Crippen LogP contribution in [-0.4, -0.2) is 16.5 Å². The van der Waals surface area contributed by atoms with Gasteiger partial charge in [-0.2, -0.15) is 0 Å². The molecule has 0 atom stereocenters. The van der Waals surface area contributed by atoms with Crippen LogP contribution in [0, 0.1) is 0 Å². The molecule has 1 aliphatic carbocycles. The quantitative estimate of drug-likeness (QED) is 0.871. The Bertz CT molecular complexity index is 456. The van der Waals surface area contributed by atoms with Gasteiger partial charge in [0.05, 0.1) is 18.3 Å². The van der Waals surface area contributed by atoms with Crippen molar-refractivity contribution in [3.63, 3.8) is 0 Å². The molecule has 1 heterocycles. The van der Waals surface area contributed by atoms with E-state index in [1.54, 1.807) is 7.11 Å². The van der Waals surface area contributed by atoms with Gasteiger partial charge in [-0.1, -0.05) is 19.8 Å². The monoisotopic (exact) mass is 253 g/mol. The Morgan fingerprint density at radius 3 is 2.61 bits per heavy atom. The molecule has 1 aliphatic rings. The number of nitrogen functional groups attached to an aromatic ring is 1. The molecule has 1 fully saturated rings. The SMILES string of the molecule is CCCn1c(COC)c(N)c(=O)n1C1CCCC1. The molecule has 0 amide bonds. The molecule has 5 heteroatoms. The summed E-state index contributed by atoms with van der Waals surface area (Å²) in [6.07, 6.45) is 5.55. The van der Waals surface area contributed by atoms with Crippen LogP contribution in [0.25, 0.3) is 0 Å². The molecule has 0 radical (unpaired) electrons. The fraction of sp³-hybridized carbons (Fsp3) is 0.769. The standard InChI is InChI=1S/C13H23N3O2/c1-3-8-15-11(9-18-2)12(14)13(17)16(15)10-6-4-5-7-10/h10H,3-9,14H2,1-2H3. The number of nitrogens with zero attached hydrogens (tertiary/aromatic N) is 2. The summed E-state index contributed by atoms with van der Waals surface area (Å²) in [4.78, 5) is 12.3. The zero-order valence-corrected chi connectivity index (χ0v) is 11.3. The summed E-state index contributed by atoms with van der Waals surface area (Å²) in [6.45, 7) is 3.33. The lowest BCUT2D eigenvalue weighted by molar-refractivity contribution is 0.173. The Hall–Kier alpha value is -1.23. The van der Waals surface area contributed by atoms with Gasteiger partial charge in [-0.05, 0) is 19.3 Å². The van der Waals surface area contributed by atoms with Crippen LogP contribution in [0.1, 0.15) is 50.8 Å². The number of methoxy groups -OCH3 is 1. The van der Waals surface area contributed by atoms with E-state index in [0.717, 1.165) is 31.5 Å². The van der Waals surface area contributed by atoms with E-state index in [-0.39, 0.29) is 5.56 Å². The van der Waals surface area contributed by atoms with E-state index in [0.29, 0.717) is 18.3 Å². The van der Waals surface area contributed by atoms with Crippen LogP contribution in [0.3, 0.4) is 0 Å². The molecule has 1 aromatic heterocycles. The summed E-state index contributed by atoms with van der Waals surface area (Å²) in [7, 11) is 1.63. The predicted molar refractivity (Wildman–Crippen MR) is 71.6 cm³/mol. The zero-order valence-electron chi connectivity index (χ0n) is 11.3. The van der Waals surface area contributed by atoms with Crippen LogP contribution in [0.15, 0.2) is 4.79 Å². The molecule has 2 rings (SSSR count). The van der Waals surface area contributed by atoms with Crippen molar-refractivity contribution in [2.24, 2.45) is 0 Å². The Labute approximate surface area is 108 Å². The van der Waals surface area contributed by atoms with E-state index in [2.05, 4.69) is 6.92 Å². The van der Waals surface area contributed by atoms with E-state index in [1.807, 2.05) is 9.36 Å². The maximum absolute atomic E-state index is 12.3. The van der Waals surface area contributed by atoms with Gasteiger partial charge in [-0.15, -0.1) is 0 Å². The molecule has 5 nitrogen and oxygen atoms in total. The summed E-state index contributed by atoms with van der Waals surface area (Å²) in [5, 5.41) is 0. The average Bonchev–Trinajstić information content (AvgIpc) is 2.94. The number of hydrogen-bond acceptors (Lipinski definition) is 3. The van der Waals surface area contributed by atoms with Gasteiger partial charge in [0, 0.05) is 13.7 Å². The van der Waals surface area contributed by atoms with Gasteiger partial charge in [0.15, 0.2) is 0 Å². The Balaban J connectivity index is 2.48. The van der Waals surface area contributed by atoms with E-state index in [9.17, 15) is 4.79 Å². The number of ether oxygens (including phenoxy) is 1. The number of aromatic nitrogens is 2. The van der Waals surface area contributed by atoms with Gasteiger partial charge in [0.1, 0.15) is 5.69 Å². The number of hydrogen-bond donors (Lipinski definition) is 1. The molecule has 0 saturated heterocycles. The van der Waals surface area contributed by atoms with Crippen molar-refractivity contribution >= 4 is 5.69 Å². The summed E-state index contributed by atoms with van der Waals surface area (Å²) >= 11 is 0. The van der Waals surface area contributed by atoms with Gasteiger partial charge >= 0.3 is 0 Å². The predicted octanol–water partition coefficient (Wildman–Crippen LogP) is 1.90. The second-order valence-corrected chi connectivity index (χ2v) is 5.00. The van der Waals surface area contributed by atoms with E-state index < -0.39 is 0 Å². The normalized spacial score (nSPS) is 16.6. The second-order valence-electron chi connectivity index (χ2n) is 5.00. The number of anilines is 1. The highest BCUT2D eigenvalue weighted by Crippen LogP contribution is 2.29. The average molecular weight is 253 g/mol. The fourth-order valence-corrected chi connectivity index (χ4v) is 2.88. The molecule has 2 N–H and O–H groups in total. The third-order valence-electron chi connectivity index (χ3n) is 3.71. The van der Waals surface area contributed by atoms with Crippen LogP contribution < -0.4 is 11.3 Å². The maximum Gasteiger partial charge on any atom is 0.290 e. The first-order valence-corrected chi connectivity index (χ1v) is 6.79. The van der Waals surface area contributed by atoms with Crippen molar-refractivity contribution in [3.05, 3.63) is 16.0 Å². The smallest absolute Gasteiger partial charge is 0.290 e. The highest BCUT2D eigenvalue weighted by Gasteiger charge is 2.25.